The predicted molar refractivity (Wildman–Crippen MR) is 67.9 cm³/mol. The van der Waals surface area contributed by atoms with Gasteiger partial charge in [-0.15, -0.1) is 0 Å². The minimum Gasteiger partial charge on any atom is -0.380 e. The average molecular weight is 253 g/mol. The van der Waals surface area contributed by atoms with Crippen LogP contribution in [-0.2, 0) is 11.3 Å². The number of hydrogen-bond donors (Lipinski definition) is 1. The van der Waals surface area contributed by atoms with Crippen LogP contribution in [0.2, 0.25) is 0 Å². The van der Waals surface area contributed by atoms with Gasteiger partial charge >= 0.3 is 5.69 Å². The van der Waals surface area contributed by atoms with E-state index in [1.165, 1.54) is 10.6 Å². The van der Waals surface area contributed by atoms with Gasteiger partial charge in [0, 0.05) is 45.0 Å². The van der Waals surface area contributed by atoms with E-state index < -0.39 is 0 Å². The van der Waals surface area contributed by atoms with Crippen molar-refractivity contribution in [1.82, 2.24) is 14.5 Å². The van der Waals surface area contributed by atoms with Crippen molar-refractivity contribution in [1.29, 1.82) is 0 Å². The van der Waals surface area contributed by atoms with E-state index in [0.717, 1.165) is 19.5 Å². The molecule has 100 valence electrons. The summed E-state index contributed by atoms with van der Waals surface area (Å²) in [5.74, 6) is 0. The van der Waals surface area contributed by atoms with Crippen LogP contribution in [0.1, 0.15) is 12.1 Å². The number of likely N-dealkylation sites (tertiary alicyclic amines) is 1. The molecule has 1 aromatic rings. The van der Waals surface area contributed by atoms with Crippen LogP contribution in [0.5, 0.6) is 0 Å². The molecule has 1 aliphatic rings. The van der Waals surface area contributed by atoms with E-state index in [2.05, 4.69) is 9.88 Å². The second-order valence-electron chi connectivity index (χ2n) is 4.69. The van der Waals surface area contributed by atoms with Crippen molar-refractivity contribution in [3.63, 3.8) is 0 Å². The molecule has 1 aromatic heterocycles. The molecule has 1 N–H and O–H groups in total. The first-order valence-corrected chi connectivity index (χ1v) is 6.16. The molecule has 6 heteroatoms. The number of H-pyrrole nitrogens is 1. The second-order valence-corrected chi connectivity index (χ2v) is 4.69. The van der Waals surface area contributed by atoms with Crippen LogP contribution in [0.3, 0.4) is 0 Å². The lowest BCUT2D eigenvalue weighted by Gasteiger charge is -2.15. The number of rotatable bonds is 4. The molecule has 2 heterocycles. The van der Waals surface area contributed by atoms with Crippen LogP contribution < -0.4 is 11.2 Å². The molecule has 0 aromatic carbocycles. The molecule has 6 nitrogen and oxygen atoms in total. The maximum atomic E-state index is 11.7. The van der Waals surface area contributed by atoms with Crippen LogP contribution in [0.15, 0.2) is 15.7 Å². The largest absolute Gasteiger partial charge is 0.380 e. The fraction of sp³-hybridized carbons (Fsp3) is 0.667. The van der Waals surface area contributed by atoms with Gasteiger partial charge in [0.1, 0.15) is 0 Å². The molecule has 1 unspecified atom stereocenters. The number of aromatic amines is 1. The Kier molecular flexibility index (Phi) is 3.98. The summed E-state index contributed by atoms with van der Waals surface area (Å²) in [6, 6.07) is 1.45. The number of nitrogens with one attached hydrogen (secondary N) is 1. The number of aryl methyl sites for hydroxylation is 1. The smallest absolute Gasteiger partial charge is 0.328 e. The minimum absolute atomic E-state index is 0.237. The van der Waals surface area contributed by atoms with E-state index in [1.54, 1.807) is 14.0 Å². The summed E-state index contributed by atoms with van der Waals surface area (Å²) >= 11 is 0. The lowest BCUT2D eigenvalue weighted by Crippen LogP contribution is -2.38. The van der Waals surface area contributed by atoms with E-state index in [0.29, 0.717) is 18.8 Å². The molecule has 1 atom stereocenters. The first-order valence-electron chi connectivity index (χ1n) is 6.16. The summed E-state index contributed by atoms with van der Waals surface area (Å²) in [4.78, 5) is 28.2. The van der Waals surface area contributed by atoms with Crippen LogP contribution in [0, 0.1) is 6.92 Å². The normalized spacial score (nSPS) is 20.4. The summed E-state index contributed by atoms with van der Waals surface area (Å²) in [6.45, 7) is 4.65. The molecule has 0 bridgehead atoms. The predicted octanol–water partition coefficient (Wildman–Crippen LogP) is -0.434. The van der Waals surface area contributed by atoms with Crippen LogP contribution in [0.25, 0.3) is 0 Å². The van der Waals surface area contributed by atoms with Crippen molar-refractivity contribution in [2.75, 3.05) is 26.7 Å². The van der Waals surface area contributed by atoms with Crippen molar-refractivity contribution in [3.05, 3.63) is 32.6 Å². The maximum Gasteiger partial charge on any atom is 0.328 e. The van der Waals surface area contributed by atoms with Crippen molar-refractivity contribution in [3.8, 4) is 0 Å². The zero-order chi connectivity index (χ0) is 13.1. The average Bonchev–Trinajstić information content (AvgIpc) is 2.75. The fourth-order valence-electron chi connectivity index (χ4n) is 2.28. The summed E-state index contributed by atoms with van der Waals surface area (Å²) in [5, 5.41) is 0. The zero-order valence-electron chi connectivity index (χ0n) is 10.8. The van der Waals surface area contributed by atoms with E-state index in [9.17, 15) is 9.59 Å². The number of hydrogen-bond acceptors (Lipinski definition) is 4. The molecule has 0 spiro atoms. The van der Waals surface area contributed by atoms with Crippen LogP contribution in [-0.4, -0.2) is 47.3 Å². The molecule has 0 aliphatic carbocycles. The molecular weight excluding hydrogens is 234 g/mol. The van der Waals surface area contributed by atoms with Crippen LogP contribution in [0.4, 0.5) is 0 Å². The lowest BCUT2D eigenvalue weighted by atomic mass is 10.3. The highest BCUT2D eigenvalue weighted by Gasteiger charge is 2.21. The quantitative estimate of drug-likeness (QED) is 0.790. The fourth-order valence-corrected chi connectivity index (χ4v) is 2.28. The lowest BCUT2D eigenvalue weighted by molar-refractivity contribution is 0.107. The summed E-state index contributed by atoms with van der Waals surface area (Å²) in [5.41, 5.74) is 0.0306. The topological polar surface area (TPSA) is 67.3 Å². The molecule has 1 fully saturated rings. The Morgan fingerprint density at radius 2 is 2.22 bits per heavy atom. The molecule has 1 saturated heterocycles. The molecule has 2 rings (SSSR count). The maximum absolute atomic E-state index is 11.7. The van der Waals surface area contributed by atoms with E-state index in [1.807, 2.05) is 0 Å². The standard InChI is InChI=1S/C12H19N3O3/c1-9-7-11(16)15(12(17)13-9)6-5-14-4-3-10(8-14)18-2/h7,10H,3-6,8H2,1-2H3,(H,13,17). The number of ether oxygens (including phenoxy) is 1. The van der Waals surface area contributed by atoms with Crippen molar-refractivity contribution >= 4 is 0 Å². The Hall–Kier alpha value is -1.40. The highest BCUT2D eigenvalue weighted by molar-refractivity contribution is 4.96. The number of aromatic nitrogens is 2. The van der Waals surface area contributed by atoms with Gasteiger partial charge in [-0.1, -0.05) is 0 Å². The van der Waals surface area contributed by atoms with E-state index >= 15 is 0 Å². The summed E-state index contributed by atoms with van der Waals surface area (Å²) in [6.07, 6.45) is 1.29. The first-order chi connectivity index (χ1) is 8.60. The molecule has 1 aliphatic heterocycles. The van der Waals surface area contributed by atoms with Gasteiger partial charge in [0.05, 0.1) is 6.10 Å². The Labute approximate surface area is 105 Å². The summed E-state index contributed by atoms with van der Waals surface area (Å²) in [7, 11) is 1.71. The molecule has 0 amide bonds. The van der Waals surface area contributed by atoms with Gasteiger partial charge in [-0.3, -0.25) is 14.3 Å². The van der Waals surface area contributed by atoms with Gasteiger partial charge in [0.25, 0.3) is 5.56 Å². The molecule has 0 radical (unpaired) electrons. The molecule has 18 heavy (non-hydrogen) atoms. The Balaban J connectivity index is 1.99. The van der Waals surface area contributed by atoms with Crippen molar-refractivity contribution < 1.29 is 4.74 Å². The Morgan fingerprint density at radius 1 is 1.44 bits per heavy atom. The minimum atomic E-state index is -0.331. The first kappa shape index (κ1) is 13.0. The van der Waals surface area contributed by atoms with Crippen molar-refractivity contribution in [2.45, 2.75) is 26.0 Å². The third kappa shape index (κ3) is 2.88. The third-order valence-corrected chi connectivity index (χ3v) is 3.36. The highest BCUT2D eigenvalue weighted by Crippen LogP contribution is 2.10. The third-order valence-electron chi connectivity index (χ3n) is 3.36. The summed E-state index contributed by atoms with van der Waals surface area (Å²) < 4.78 is 6.52. The Bertz CT molecular complexity index is 489. The highest BCUT2D eigenvalue weighted by atomic mass is 16.5. The number of methoxy groups -OCH3 is 1. The number of nitrogens with zero attached hydrogens (tertiary/aromatic N) is 2. The van der Waals surface area contributed by atoms with Crippen LogP contribution >= 0.6 is 0 Å². The van der Waals surface area contributed by atoms with E-state index in [4.69, 9.17) is 4.74 Å². The zero-order valence-corrected chi connectivity index (χ0v) is 10.8. The van der Waals surface area contributed by atoms with E-state index in [-0.39, 0.29) is 17.4 Å². The Morgan fingerprint density at radius 3 is 2.83 bits per heavy atom. The van der Waals surface area contributed by atoms with Gasteiger partial charge in [-0.05, 0) is 13.3 Å². The van der Waals surface area contributed by atoms with Gasteiger partial charge in [0.15, 0.2) is 0 Å². The second kappa shape index (κ2) is 5.49. The van der Waals surface area contributed by atoms with Gasteiger partial charge in [-0.2, -0.15) is 0 Å². The molecular formula is C12H19N3O3. The van der Waals surface area contributed by atoms with Crippen molar-refractivity contribution in [2.24, 2.45) is 0 Å². The van der Waals surface area contributed by atoms with Gasteiger partial charge in [0.2, 0.25) is 0 Å². The van der Waals surface area contributed by atoms with Gasteiger partial charge in [-0.25, -0.2) is 4.79 Å². The molecule has 0 saturated carbocycles. The monoisotopic (exact) mass is 253 g/mol. The van der Waals surface area contributed by atoms with Gasteiger partial charge < -0.3 is 9.72 Å². The SMILES string of the molecule is COC1CCN(CCn2c(=O)cc(C)[nH]c2=O)C1.